The average Bonchev–Trinajstić information content (AvgIpc) is 3.16. The standard InChI is InChI=1S/C27H30N4O2/c1-17(2)20-11-13-21(14-12-20)28-24(32)16-15-23-18(3)25-19(4)29-31(22-9-7-6-8-10-22)26(25)30(5)27(23)33/h6-14,17H,15-16H2,1-5H3,(H,28,32). The fourth-order valence-electron chi connectivity index (χ4n) is 4.33. The maximum Gasteiger partial charge on any atom is 0.255 e. The molecule has 4 aromatic rings. The van der Waals surface area contributed by atoms with Crippen LogP contribution in [-0.2, 0) is 18.3 Å². The second-order valence-electron chi connectivity index (χ2n) is 8.82. The van der Waals surface area contributed by atoms with Gasteiger partial charge in [-0.15, -0.1) is 0 Å². The molecule has 0 atom stereocenters. The molecule has 2 aromatic heterocycles. The van der Waals surface area contributed by atoms with Gasteiger partial charge < -0.3 is 5.32 Å². The van der Waals surface area contributed by atoms with Crippen molar-refractivity contribution in [2.75, 3.05) is 5.32 Å². The summed E-state index contributed by atoms with van der Waals surface area (Å²) in [6.07, 6.45) is 0.611. The third kappa shape index (κ3) is 4.33. The molecule has 6 nitrogen and oxygen atoms in total. The molecule has 0 fully saturated rings. The molecule has 0 unspecified atom stereocenters. The Kier molecular flexibility index (Phi) is 6.18. The number of nitrogens with one attached hydrogen (secondary N) is 1. The van der Waals surface area contributed by atoms with Gasteiger partial charge in [-0.3, -0.25) is 14.2 Å². The van der Waals surface area contributed by atoms with E-state index in [4.69, 9.17) is 5.10 Å². The zero-order valence-corrected chi connectivity index (χ0v) is 19.8. The minimum Gasteiger partial charge on any atom is -0.326 e. The molecule has 0 radical (unpaired) electrons. The van der Waals surface area contributed by atoms with Gasteiger partial charge in [-0.05, 0) is 61.6 Å². The van der Waals surface area contributed by atoms with Crippen LogP contribution in [0.2, 0.25) is 0 Å². The van der Waals surface area contributed by atoms with Crippen molar-refractivity contribution in [1.29, 1.82) is 0 Å². The van der Waals surface area contributed by atoms with Crippen molar-refractivity contribution in [2.24, 2.45) is 7.05 Å². The molecule has 1 amide bonds. The largest absolute Gasteiger partial charge is 0.326 e. The summed E-state index contributed by atoms with van der Waals surface area (Å²) in [4.78, 5) is 25.9. The van der Waals surface area contributed by atoms with Crippen LogP contribution in [0.25, 0.3) is 16.7 Å². The monoisotopic (exact) mass is 442 g/mol. The SMILES string of the molecule is Cc1nn(-c2ccccc2)c2c1c(C)c(CCC(=O)Nc1ccc(C(C)C)cc1)c(=O)n2C. The molecule has 6 heteroatoms. The van der Waals surface area contributed by atoms with Gasteiger partial charge in [-0.1, -0.05) is 44.2 Å². The Labute approximate surface area is 193 Å². The molecule has 33 heavy (non-hydrogen) atoms. The zero-order valence-electron chi connectivity index (χ0n) is 19.8. The number of hydrogen-bond donors (Lipinski definition) is 1. The Bertz CT molecular complexity index is 1360. The van der Waals surface area contributed by atoms with Gasteiger partial charge in [0.25, 0.3) is 5.56 Å². The Hall–Kier alpha value is -3.67. The van der Waals surface area contributed by atoms with E-state index >= 15 is 0 Å². The lowest BCUT2D eigenvalue weighted by Crippen LogP contribution is -2.25. The predicted octanol–water partition coefficient (Wildman–Crippen LogP) is 5.04. The number of rotatable bonds is 6. The first-order valence-electron chi connectivity index (χ1n) is 11.3. The number of carbonyl (C=O) groups excluding carboxylic acids is 1. The van der Waals surface area contributed by atoms with Crippen LogP contribution < -0.4 is 10.9 Å². The second kappa shape index (κ2) is 9.06. The lowest BCUT2D eigenvalue weighted by Gasteiger charge is -2.13. The van der Waals surface area contributed by atoms with Gasteiger partial charge in [-0.25, -0.2) is 4.68 Å². The second-order valence-corrected chi connectivity index (χ2v) is 8.82. The van der Waals surface area contributed by atoms with Crippen molar-refractivity contribution in [1.82, 2.24) is 14.3 Å². The highest BCUT2D eigenvalue weighted by molar-refractivity contribution is 5.91. The first kappa shape index (κ1) is 22.5. The molecule has 4 rings (SSSR count). The van der Waals surface area contributed by atoms with E-state index < -0.39 is 0 Å². The third-order valence-electron chi connectivity index (χ3n) is 6.21. The van der Waals surface area contributed by atoms with Crippen LogP contribution in [0.4, 0.5) is 5.69 Å². The van der Waals surface area contributed by atoms with Gasteiger partial charge in [0.15, 0.2) is 0 Å². The molecule has 0 aliphatic heterocycles. The van der Waals surface area contributed by atoms with Gasteiger partial charge in [-0.2, -0.15) is 5.10 Å². The number of amides is 1. The average molecular weight is 443 g/mol. The van der Waals surface area contributed by atoms with Crippen molar-refractivity contribution < 1.29 is 4.79 Å². The zero-order chi connectivity index (χ0) is 23.7. The van der Waals surface area contributed by atoms with Crippen LogP contribution >= 0.6 is 0 Å². The van der Waals surface area contributed by atoms with Crippen LogP contribution in [0.3, 0.4) is 0 Å². The van der Waals surface area contributed by atoms with E-state index in [-0.39, 0.29) is 17.9 Å². The maximum absolute atomic E-state index is 13.3. The van der Waals surface area contributed by atoms with Gasteiger partial charge in [0, 0.05) is 30.1 Å². The van der Waals surface area contributed by atoms with Gasteiger partial charge in [0.2, 0.25) is 5.91 Å². The number of fused-ring (bicyclic) bond motifs is 1. The van der Waals surface area contributed by atoms with E-state index in [1.54, 1.807) is 11.6 Å². The summed E-state index contributed by atoms with van der Waals surface area (Å²) in [5.41, 5.74) is 5.98. The fraction of sp³-hybridized carbons (Fsp3) is 0.296. The van der Waals surface area contributed by atoms with Crippen LogP contribution in [0.15, 0.2) is 59.4 Å². The molecular formula is C27H30N4O2. The van der Waals surface area contributed by atoms with Crippen LogP contribution in [0, 0.1) is 13.8 Å². The van der Waals surface area contributed by atoms with Crippen molar-refractivity contribution in [2.45, 2.75) is 46.5 Å². The third-order valence-corrected chi connectivity index (χ3v) is 6.21. The number of anilines is 1. The molecule has 1 N–H and O–H groups in total. The summed E-state index contributed by atoms with van der Waals surface area (Å²) >= 11 is 0. The number of hydrogen-bond acceptors (Lipinski definition) is 3. The Morgan fingerprint density at radius 1 is 1.03 bits per heavy atom. The molecule has 0 spiro atoms. The predicted molar refractivity (Wildman–Crippen MR) is 133 cm³/mol. The minimum absolute atomic E-state index is 0.0915. The molecule has 0 saturated heterocycles. The number of nitrogens with zero attached hydrogens (tertiary/aromatic N) is 3. The normalized spacial score (nSPS) is 11.3. The summed E-state index contributed by atoms with van der Waals surface area (Å²) < 4.78 is 3.46. The van der Waals surface area contributed by atoms with E-state index in [2.05, 4.69) is 19.2 Å². The summed E-state index contributed by atoms with van der Waals surface area (Å²) in [6, 6.07) is 17.7. The van der Waals surface area contributed by atoms with E-state index in [0.717, 1.165) is 33.7 Å². The first-order valence-corrected chi connectivity index (χ1v) is 11.3. The van der Waals surface area contributed by atoms with E-state index in [1.165, 1.54) is 5.56 Å². The number of para-hydroxylation sites is 1. The van der Waals surface area contributed by atoms with Crippen LogP contribution in [0.5, 0.6) is 0 Å². The number of pyridine rings is 1. The highest BCUT2D eigenvalue weighted by Crippen LogP contribution is 2.26. The maximum atomic E-state index is 13.3. The topological polar surface area (TPSA) is 68.9 Å². The fourth-order valence-corrected chi connectivity index (χ4v) is 4.33. The number of aryl methyl sites for hydroxylation is 3. The highest BCUT2D eigenvalue weighted by atomic mass is 16.1. The number of aromatic nitrogens is 3. The molecule has 2 aromatic carbocycles. The molecule has 0 aliphatic carbocycles. The smallest absolute Gasteiger partial charge is 0.255 e. The summed E-state index contributed by atoms with van der Waals surface area (Å²) in [6.45, 7) is 8.18. The molecular weight excluding hydrogens is 412 g/mol. The molecule has 0 saturated carbocycles. The van der Waals surface area contributed by atoms with Crippen molar-refractivity contribution in [3.05, 3.63) is 87.3 Å². The van der Waals surface area contributed by atoms with E-state index in [1.807, 2.05) is 73.1 Å². The van der Waals surface area contributed by atoms with Crippen molar-refractivity contribution in [3.63, 3.8) is 0 Å². The Morgan fingerprint density at radius 3 is 2.33 bits per heavy atom. The summed E-state index contributed by atoms with van der Waals surface area (Å²) in [5, 5.41) is 8.61. The molecule has 170 valence electrons. The molecule has 0 bridgehead atoms. The van der Waals surface area contributed by atoms with E-state index in [9.17, 15) is 9.59 Å². The highest BCUT2D eigenvalue weighted by Gasteiger charge is 2.20. The quantitative estimate of drug-likeness (QED) is 0.455. The number of benzene rings is 2. The Balaban J connectivity index is 1.60. The summed E-state index contributed by atoms with van der Waals surface area (Å²) in [5.74, 6) is 0.337. The van der Waals surface area contributed by atoms with E-state index in [0.29, 0.717) is 17.9 Å². The van der Waals surface area contributed by atoms with Gasteiger partial charge in [0.05, 0.1) is 11.4 Å². The van der Waals surface area contributed by atoms with Gasteiger partial charge >= 0.3 is 0 Å². The summed E-state index contributed by atoms with van der Waals surface area (Å²) in [7, 11) is 1.77. The van der Waals surface area contributed by atoms with Gasteiger partial charge in [0.1, 0.15) is 5.65 Å². The lowest BCUT2D eigenvalue weighted by molar-refractivity contribution is -0.116. The van der Waals surface area contributed by atoms with Crippen molar-refractivity contribution >= 4 is 22.6 Å². The minimum atomic E-state index is -0.106. The van der Waals surface area contributed by atoms with Crippen molar-refractivity contribution in [3.8, 4) is 5.69 Å². The van der Waals surface area contributed by atoms with Crippen LogP contribution in [0.1, 0.15) is 48.6 Å². The van der Waals surface area contributed by atoms with Crippen LogP contribution in [-0.4, -0.2) is 20.3 Å². The molecule has 0 aliphatic rings. The molecule has 2 heterocycles. The first-order chi connectivity index (χ1) is 15.8. The Morgan fingerprint density at radius 2 is 1.70 bits per heavy atom. The lowest BCUT2D eigenvalue weighted by atomic mass is 10.0. The number of carbonyl (C=O) groups is 1.